The molecule has 0 N–H and O–H groups in total. The molecule has 0 aliphatic heterocycles. The Morgan fingerprint density at radius 3 is 2.88 bits per heavy atom. The Labute approximate surface area is 107 Å². The van der Waals surface area contributed by atoms with E-state index in [0.717, 1.165) is 10.7 Å². The summed E-state index contributed by atoms with van der Waals surface area (Å²) in [5.74, 6) is 0.686. The summed E-state index contributed by atoms with van der Waals surface area (Å²) in [5, 5.41) is 1.69. The maximum atomic E-state index is 11.1. The van der Waals surface area contributed by atoms with Gasteiger partial charge in [-0.3, -0.25) is 0 Å². The monoisotopic (exact) mass is 294 g/mol. The van der Waals surface area contributed by atoms with Crippen LogP contribution in [0, 0.1) is 0 Å². The lowest BCUT2D eigenvalue weighted by atomic mass is 10.2. The summed E-state index contributed by atoms with van der Waals surface area (Å²) < 4.78 is 10.6. The van der Waals surface area contributed by atoms with E-state index < -0.39 is 0 Å². The van der Waals surface area contributed by atoms with Gasteiger partial charge in [0.15, 0.2) is 0 Å². The molecule has 88 valence electrons. The number of rotatable bonds is 4. The molecule has 17 heavy (non-hydrogen) atoms. The number of ether oxygens (including phenoxy) is 1. The van der Waals surface area contributed by atoms with Crippen molar-refractivity contribution in [2.45, 2.75) is 0 Å². The van der Waals surface area contributed by atoms with Crippen LogP contribution >= 0.6 is 15.9 Å². The number of fused-ring (bicyclic) bond motifs is 1. The van der Waals surface area contributed by atoms with Crippen molar-refractivity contribution in [1.29, 1.82) is 0 Å². The number of hydrogen-bond donors (Lipinski definition) is 0. The summed E-state index contributed by atoms with van der Waals surface area (Å²) in [5.41, 5.74) is 0.188. The molecule has 0 saturated carbocycles. The fourth-order valence-electron chi connectivity index (χ4n) is 1.41. The van der Waals surface area contributed by atoms with E-state index in [2.05, 4.69) is 15.9 Å². The minimum Gasteiger partial charge on any atom is -0.489 e. The van der Waals surface area contributed by atoms with E-state index in [-0.39, 0.29) is 5.63 Å². The molecule has 0 bridgehead atoms. The third kappa shape index (κ3) is 3.20. The maximum Gasteiger partial charge on any atom is 0.336 e. The number of halogens is 1. The lowest BCUT2D eigenvalue weighted by Gasteiger charge is -2.03. The molecule has 1 aromatic heterocycles. The smallest absolute Gasteiger partial charge is 0.336 e. The van der Waals surface area contributed by atoms with Gasteiger partial charge in [0, 0.05) is 22.8 Å². The van der Waals surface area contributed by atoms with Crippen molar-refractivity contribution in [2.24, 2.45) is 0 Å². The van der Waals surface area contributed by atoms with Crippen molar-refractivity contribution < 1.29 is 9.15 Å². The molecule has 4 heteroatoms. The molecule has 0 aliphatic carbocycles. The first kappa shape index (κ1) is 11.9. The summed E-state index contributed by atoms with van der Waals surface area (Å²) in [7, 11) is 0. The Hall–Kier alpha value is -1.55. The molecule has 2 rings (SSSR count). The van der Waals surface area contributed by atoms with Gasteiger partial charge in [0.05, 0.1) is 0 Å². The zero-order valence-corrected chi connectivity index (χ0v) is 10.6. The fraction of sp³-hybridized carbons (Fsp3) is 0.154. The minimum atomic E-state index is -0.353. The van der Waals surface area contributed by atoms with Crippen LogP contribution in [0.2, 0.25) is 0 Å². The van der Waals surface area contributed by atoms with Crippen molar-refractivity contribution in [3.05, 3.63) is 52.9 Å². The molecular weight excluding hydrogens is 284 g/mol. The first-order valence-corrected chi connectivity index (χ1v) is 6.29. The van der Waals surface area contributed by atoms with Crippen LogP contribution in [0.3, 0.4) is 0 Å². The number of alkyl halides is 1. The Morgan fingerprint density at radius 2 is 2.06 bits per heavy atom. The van der Waals surface area contributed by atoms with Gasteiger partial charge in [-0.1, -0.05) is 28.1 Å². The molecule has 1 heterocycles. The van der Waals surface area contributed by atoms with E-state index in [0.29, 0.717) is 17.9 Å². The van der Waals surface area contributed by atoms with Crippen molar-refractivity contribution >= 4 is 26.9 Å². The predicted molar refractivity (Wildman–Crippen MR) is 70.9 cm³/mol. The van der Waals surface area contributed by atoms with E-state index in [1.165, 1.54) is 6.07 Å². The Kier molecular flexibility index (Phi) is 3.98. The first-order valence-electron chi connectivity index (χ1n) is 5.17. The molecule has 0 unspecified atom stereocenters. The molecule has 2 aromatic rings. The van der Waals surface area contributed by atoms with Crippen LogP contribution in [0.4, 0.5) is 0 Å². The molecule has 0 radical (unpaired) electrons. The van der Waals surface area contributed by atoms with Crippen molar-refractivity contribution in [1.82, 2.24) is 0 Å². The summed E-state index contributed by atoms with van der Waals surface area (Å²) in [4.78, 5) is 11.1. The Bertz CT molecular complexity index is 586. The molecular formula is C13H11BrO3. The van der Waals surface area contributed by atoms with E-state index in [1.807, 2.05) is 24.3 Å². The average molecular weight is 295 g/mol. The summed E-state index contributed by atoms with van der Waals surface area (Å²) >= 11 is 3.28. The second-order valence-electron chi connectivity index (χ2n) is 3.39. The topological polar surface area (TPSA) is 39.4 Å². The van der Waals surface area contributed by atoms with Gasteiger partial charge in [0.25, 0.3) is 0 Å². The highest BCUT2D eigenvalue weighted by Crippen LogP contribution is 2.19. The zero-order chi connectivity index (χ0) is 12.1. The van der Waals surface area contributed by atoms with E-state index in [1.54, 1.807) is 12.1 Å². The van der Waals surface area contributed by atoms with Gasteiger partial charge < -0.3 is 9.15 Å². The first-order chi connectivity index (χ1) is 8.29. The molecule has 3 nitrogen and oxygen atoms in total. The van der Waals surface area contributed by atoms with Gasteiger partial charge in [-0.2, -0.15) is 0 Å². The predicted octanol–water partition coefficient (Wildman–Crippen LogP) is 3.12. The Balaban J connectivity index is 2.19. The summed E-state index contributed by atoms with van der Waals surface area (Å²) in [6, 6.07) is 8.57. The highest BCUT2D eigenvalue weighted by Gasteiger charge is 1.99. The van der Waals surface area contributed by atoms with Gasteiger partial charge in [0.2, 0.25) is 0 Å². The summed E-state index contributed by atoms with van der Waals surface area (Å²) in [6.45, 7) is 0.494. The van der Waals surface area contributed by atoms with Crippen molar-refractivity contribution in [3.8, 4) is 5.75 Å². The van der Waals surface area contributed by atoms with E-state index >= 15 is 0 Å². The molecule has 0 aliphatic rings. The van der Waals surface area contributed by atoms with Gasteiger partial charge in [-0.05, 0) is 18.2 Å². The highest BCUT2D eigenvalue weighted by molar-refractivity contribution is 9.09. The van der Waals surface area contributed by atoms with Crippen LogP contribution in [-0.4, -0.2) is 11.9 Å². The molecule has 0 amide bonds. The molecule has 1 aromatic carbocycles. The SMILES string of the molecule is O=c1ccc2ccc(OC/C=C/CBr)cc2o1. The lowest BCUT2D eigenvalue weighted by molar-refractivity contribution is 0.362. The third-order valence-electron chi connectivity index (χ3n) is 2.20. The third-order valence-corrected chi connectivity index (χ3v) is 2.57. The molecule has 0 saturated heterocycles. The largest absolute Gasteiger partial charge is 0.489 e. The van der Waals surface area contributed by atoms with Gasteiger partial charge >= 0.3 is 5.63 Å². The van der Waals surface area contributed by atoms with Gasteiger partial charge in [0.1, 0.15) is 17.9 Å². The maximum absolute atomic E-state index is 11.1. The minimum absolute atomic E-state index is 0.353. The van der Waals surface area contributed by atoms with Crippen LogP contribution in [0.25, 0.3) is 11.0 Å². The van der Waals surface area contributed by atoms with Crippen LogP contribution < -0.4 is 10.4 Å². The van der Waals surface area contributed by atoms with Crippen molar-refractivity contribution in [2.75, 3.05) is 11.9 Å². The number of hydrogen-bond acceptors (Lipinski definition) is 3. The average Bonchev–Trinajstić information content (AvgIpc) is 2.34. The van der Waals surface area contributed by atoms with E-state index in [9.17, 15) is 4.79 Å². The number of allylic oxidation sites excluding steroid dienone is 1. The zero-order valence-electron chi connectivity index (χ0n) is 9.06. The highest BCUT2D eigenvalue weighted by atomic mass is 79.9. The number of benzene rings is 1. The standard InChI is InChI=1S/C13H11BrO3/c14-7-1-2-8-16-11-5-3-10-4-6-13(15)17-12(10)9-11/h1-6,9H,7-8H2/b2-1+. The Morgan fingerprint density at radius 1 is 1.24 bits per heavy atom. The molecule has 0 spiro atoms. The molecule has 0 atom stereocenters. The normalized spacial score (nSPS) is 11.1. The molecule has 0 fully saturated rings. The van der Waals surface area contributed by atoms with Gasteiger partial charge in [-0.15, -0.1) is 0 Å². The van der Waals surface area contributed by atoms with Crippen LogP contribution in [-0.2, 0) is 0 Å². The fourth-order valence-corrected chi connectivity index (χ4v) is 1.67. The van der Waals surface area contributed by atoms with Crippen LogP contribution in [0.5, 0.6) is 5.75 Å². The van der Waals surface area contributed by atoms with Gasteiger partial charge in [-0.25, -0.2) is 4.79 Å². The van der Waals surface area contributed by atoms with E-state index in [4.69, 9.17) is 9.15 Å². The quantitative estimate of drug-likeness (QED) is 0.494. The lowest BCUT2D eigenvalue weighted by Crippen LogP contribution is -1.96. The van der Waals surface area contributed by atoms with Crippen LogP contribution in [0.1, 0.15) is 0 Å². The van der Waals surface area contributed by atoms with Crippen LogP contribution in [0.15, 0.2) is 51.7 Å². The van der Waals surface area contributed by atoms with Crippen molar-refractivity contribution in [3.63, 3.8) is 0 Å². The second kappa shape index (κ2) is 5.68. The second-order valence-corrected chi connectivity index (χ2v) is 4.04. The summed E-state index contributed by atoms with van der Waals surface area (Å²) in [6.07, 6.45) is 3.88.